The molecule has 176 valence electrons. The summed E-state index contributed by atoms with van der Waals surface area (Å²) in [5, 5.41) is 23.9. The normalized spacial score (nSPS) is 21.3. The second-order valence-electron chi connectivity index (χ2n) is 9.57. The number of aromatic nitrogens is 3. The lowest BCUT2D eigenvalue weighted by molar-refractivity contribution is -0.145. The van der Waals surface area contributed by atoms with Crippen LogP contribution in [0.25, 0.3) is 16.6 Å². The Kier molecular flexibility index (Phi) is 5.41. The van der Waals surface area contributed by atoms with Crippen molar-refractivity contribution in [1.29, 1.82) is 5.26 Å². The van der Waals surface area contributed by atoms with Gasteiger partial charge in [0.1, 0.15) is 24.2 Å². The average molecular weight is 462 g/mol. The summed E-state index contributed by atoms with van der Waals surface area (Å²) in [4.78, 5) is 18.9. The van der Waals surface area contributed by atoms with E-state index < -0.39 is 5.60 Å². The number of fused-ring (bicyclic) bond motifs is 2. The Balaban J connectivity index is 1.38. The summed E-state index contributed by atoms with van der Waals surface area (Å²) in [7, 11) is 0. The molecular weight excluding hydrogens is 434 g/mol. The number of anilines is 1. The Bertz CT molecular complexity index is 1260. The molecule has 2 aliphatic rings. The minimum atomic E-state index is -0.983. The molecule has 9 heteroatoms. The lowest BCUT2D eigenvalue weighted by Gasteiger charge is -2.21. The second kappa shape index (κ2) is 8.29. The standard InChI is InChI=1S/C25H27N5O4/c1-4-33-24(31)22-19-12-29(13-20(19)22)21-6-5-15(9-27-21)18-7-17(34-14-25(2,3)32)11-30-23(18)16(8-26)10-28-30/h5-7,9-11,19-20,22,32H,4,12-14H2,1-3H3/t19-,20+,22?. The Morgan fingerprint density at radius 2 is 2.06 bits per heavy atom. The number of pyridine rings is 2. The number of carbonyl (C=O) groups excluding carboxylic acids is 1. The predicted octanol–water partition coefficient (Wildman–Crippen LogP) is 2.66. The predicted molar refractivity (Wildman–Crippen MR) is 124 cm³/mol. The van der Waals surface area contributed by atoms with E-state index in [1.165, 1.54) is 6.20 Å². The van der Waals surface area contributed by atoms with Gasteiger partial charge in [-0.2, -0.15) is 10.4 Å². The van der Waals surface area contributed by atoms with Crippen LogP contribution in [-0.4, -0.2) is 57.6 Å². The van der Waals surface area contributed by atoms with Crippen LogP contribution in [0.1, 0.15) is 26.3 Å². The molecule has 1 aliphatic heterocycles. The number of nitrogens with zero attached hydrogens (tertiary/aromatic N) is 5. The minimum Gasteiger partial charge on any atom is -0.489 e. The van der Waals surface area contributed by atoms with Crippen molar-refractivity contribution in [2.24, 2.45) is 17.8 Å². The molecule has 2 fully saturated rings. The van der Waals surface area contributed by atoms with Crippen molar-refractivity contribution in [2.45, 2.75) is 26.4 Å². The highest BCUT2D eigenvalue weighted by atomic mass is 16.5. The topological polar surface area (TPSA) is 113 Å². The van der Waals surface area contributed by atoms with Crippen molar-refractivity contribution in [3.63, 3.8) is 0 Å². The smallest absolute Gasteiger partial charge is 0.309 e. The number of esters is 1. The lowest BCUT2D eigenvalue weighted by Crippen LogP contribution is -2.28. The Morgan fingerprint density at radius 3 is 2.68 bits per heavy atom. The van der Waals surface area contributed by atoms with E-state index in [4.69, 9.17) is 9.47 Å². The van der Waals surface area contributed by atoms with E-state index in [1.54, 1.807) is 30.8 Å². The molecule has 0 aromatic carbocycles. The average Bonchev–Trinajstić information content (AvgIpc) is 3.12. The van der Waals surface area contributed by atoms with E-state index in [2.05, 4.69) is 21.1 Å². The van der Waals surface area contributed by atoms with E-state index in [0.29, 0.717) is 35.3 Å². The summed E-state index contributed by atoms with van der Waals surface area (Å²) in [6.07, 6.45) is 5.01. The largest absolute Gasteiger partial charge is 0.489 e. The summed E-state index contributed by atoms with van der Waals surface area (Å²) < 4.78 is 12.6. The number of piperidine rings is 1. The minimum absolute atomic E-state index is 0.0293. The second-order valence-corrected chi connectivity index (χ2v) is 9.57. The van der Waals surface area contributed by atoms with Crippen LogP contribution in [0.2, 0.25) is 0 Å². The van der Waals surface area contributed by atoms with Crippen LogP contribution in [-0.2, 0) is 9.53 Å². The van der Waals surface area contributed by atoms with Gasteiger partial charge in [-0.15, -0.1) is 0 Å². The van der Waals surface area contributed by atoms with Crippen LogP contribution in [0.4, 0.5) is 5.82 Å². The molecule has 0 spiro atoms. The van der Waals surface area contributed by atoms with Gasteiger partial charge in [0.2, 0.25) is 0 Å². The summed E-state index contributed by atoms with van der Waals surface area (Å²) in [5.41, 5.74) is 1.74. The first-order chi connectivity index (χ1) is 16.3. The fourth-order valence-electron chi connectivity index (χ4n) is 4.77. The van der Waals surface area contributed by atoms with Crippen molar-refractivity contribution >= 4 is 17.3 Å². The molecular formula is C25H27N5O4. The van der Waals surface area contributed by atoms with Gasteiger partial charge in [0.05, 0.1) is 41.6 Å². The number of aliphatic hydroxyl groups is 1. The van der Waals surface area contributed by atoms with Crippen molar-refractivity contribution in [2.75, 3.05) is 31.2 Å². The summed E-state index contributed by atoms with van der Waals surface area (Å²) in [6.45, 7) is 7.32. The first-order valence-electron chi connectivity index (χ1n) is 11.4. The van der Waals surface area contributed by atoms with Gasteiger partial charge >= 0.3 is 5.97 Å². The van der Waals surface area contributed by atoms with E-state index >= 15 is 0 Å². The molecule has 0 bridgehead atoms. The molecule has 1 saturated heterocycles. The molecule has 0 amide bonds. The number of rotatable bonds is 7. The van der Waals surface area contributed by atoms with Gasteiger partial charge in [0.25, 0.3) is 0 Å². The Morgan fingerprint density at radius 1 is 1.29 bits per heavy atom. The molecule has 1 aliphatic carbocycles. The maximum atomic E-state index is 12.0. The van der Waals surface area contributed by atoms with E-state index in [9.17, 15) is 15.2 Å². The van der Waals surface area contributed by atoms with E-state index in [0.717, 1.165) is 30.0 Å². The van der Waals surface area contributed by atoms with Crippen molar-refractivity contribution in [3.05, 3.63) is 42.4 Å². The van der Waals surface area contributed by atoms with Gasteiger partial charge < -0.3 is 19.5 Å². The van der Waals surface area contributed by atoms with E-state index in [1.807, 2.05) is 25.1 Å². The maximum Gasteiger partial charge on any atom is 0.309 e. The van der Waals surface area contributed by atoms with Crippen LogP contribution in [0.5, 0.6) is 5.75 Å². The van der Waals surface area contributed by atoms with Crippen LogP contribution in [0.15, 0.2) is 36.8 Å². The van der Waals surface area contributed by atoms with Gasteiger partial charge in [-0.25, -0.2) is 9.50 Å². The zero-order valence-corrected chi connectivity index (χ0v) is 19.4. The first-order valence-corrected chi connectivity index (χ1v) is 11.4. The first kappa shape index (κ1) is 22.2. The fraction of sp³-hybridized carbons (Fsp3) is 0.440. The van der Waals surface area contributed by atoms with Gasteiger partial charge in [0.15, 0.2) is 0 Å². The Labute approximate surface area is 197 Å². The van der Waals surface area contributed by atoms with Crippen molar-refractivity contribution in [3.8, 4) is 22.9 Å². The molecule has 3 atom stereocenters. The summed E-state index contributed by atoms with van der Waals surface area (Å²) >= 11 is 0. The number of ether oxygens (including phenoxy) is 2. The van der Waals surface area contributed by atoms with Crippen LogP contribution >= 0.6 is 0 Å². The molecule has 4 heterocycles. The molecule has 1 unspecified atom stereocenters. The van der Waals surface area contributed by atoms with E-state index in [-0.39, 0.29) is 18.5 Å². The van der Waals surface area contributed by atoms with Crippen LogP contribution in [0.3, 0.4) is 0 Å². The molecule has 3 aromatic heterocycles. The zero-order chi connectivity index (χ0) is 24.0. The summed E-state index contributed by atoms with van der Waals surface area (Å²) in [5.74, 6) is 2.03. The number of hydrogen-bond acceptors (Lipinski definition) is 8. The van der Waals surface area contributed by atoms with Gasteiger partial charge in [-0.1, -0.05) is 0 Å². The summed E-state index contributed by atoms with van der Waals surface area (Å²) in [6, 6.07) is 7.97. The molecule has 1 N–H and O–H groups in total. The SMILES string of the molecule is CCOC(=O)C1[C@H]2CN(c3ccc(-c4cc(OCC(C)(C)O)cn5ncc(C#N)c45)cn3)C[C@@H]12. The van der Waals surface area contributed by atoms with Gasteiger partial charge in [0, 0.05) is 30.4 Å². The Hall–Kier alpha value is -3.64. The monoisotopic (exact) mass is 461 g/mol. The number of hydrogen-bond donors (Lipinski definition) is 1. The molecule has 1 saturated carbocycles. The van der Waals surface area contributed by atoms with Gasteiger partial charge in [-0.3, -0.25) is 4.79 Å². The van der Waals surface area contributed by atoms with Gasteiger partial charge in [-0.05, 0) is 50.8 Å². The lowest BCUT2D eigenvalue weighted by atomic mass is 10.1. The van der Waals surface area contributed by atoms with Crippen LogP contribution in [0, 0.1) is 29.1 Å². The molecule has 5 rings (SSSR count). The molecule has 0 radical (unpaired) electrons. The quantitative estimate of drug-likeness (QED) is 0.535. The highest BCUT2D eigenvalue weighted by Crippen LogP contribution is 2.53. The third-order valence-corrected chi connectivity index (χ3v) is 6.43. The molecule has 9 nitrogen and oxygen atoms in total. The molecule has 3 aromatic rings. The maximum absolute atomic E-state index is 12.0. The number of nitriles is 1. The number of carbonyl (C=O) groups is 1. The fourth-order valence-corrected chi connectivity index (χ4v) is 4.77. The third kappa shape index (κ3) is 4.05. The third-order valence-electron chi connectivity index (χ3n) is 6.43. The highest BCUT2D eigenvalue weighted by molar-refractivity contribution is 5.85. The highest BCUT2D eigenvalue weighted by Gasteiger charge is 2.60. The van der Waals surface area contributed by atoms with Crippen molar-refractivity contribution < 1.29 is 19.4 Å². The van der Waals surface area contributed by atoms with Crippen LogP contribution < -0.4 is 9.64 Å². The van der Waals surface area contributed by atoms with Crippen molar-refractivity contribution in [1.82, 2.24) is 14.6 Å². The zero-order valence-electron chi connectivity index (χ0n) is 19.4. The molecule has 34 heavy (non-hydrogen) atoms.